The first-order valence-corrected chi connectivity index (χ1v) is 5.96. The maximum Gasteiger partial charge on any atom is 0.208 e. The summed E-state index contributed by atoms with van der Waals surface area (Å²) in [4.78, 5) is 19.4. The third-order valence-corrected chi connectivity index (χ3v) is 2.81. The first-order chi connectivity index (χ1) is 8.36. The summed E-state index contributed by atoms with van der Waals surface area (Å²) in [6.07, 6.45) is 8.11. The molecule has 2 rings (SSSR count). The fourth-order valence-electron chi connectivity index (χ4n) is 1.88. The highest BCUT2D eigenvalue weighted by atomic mass is 35.5. The zero-order valence-corrected chi connectivity index (χ0v) is 11.0. The third kappa shape index (κ3) is 4.68. The maximum absolute atomic E-state index is 11.6. The molecule has 6 heteroatoms. The Morgan fingerprint density at radius 3 is 3.00 bits per heavy atom. The zero-order chi connectivity index (χ0) is 11.9. The van der Waals surface area contributed by atoms with Crippen molar-refractivity contribution in [1.29, 1.82) is 0 Å². The molecule has 2 heterocycles. The number of ether oxygens (including phenoxy) is 1. The van der Waals surface area contributed by atoms with Crippen LogP contribution < -0.4 is 5.32 Å². The number of halogens is 1. The van der Waals surface area contributed by atoms with E-state index in [4.69, 9.17) is 4.74 Å². The highest BCUT2D eigenvalue weighted by Gasteiger charge is 2.14. The molecule has 0 aliphatic carbocycles. The smallest absolute Gasteiger partial charge is 0.208 e. The lowest BCUT2D eigenvalue weighted by molar-refractivity contribution is 0.0686. The Labute approximate surface area is 113 Å². The van der Waals surface area contributed by atoms with Gasteiger partial charge in [-0.2, -0.15) is 0 Å². The Morgan fingerprint density at radius 2 is 2.33 bits per heavy atom. The van der Waals surface area contributed by atoms with Gasteiger partial charge in [0.1, 0.15) is 12.3 Å². The SMILES string of the molecule is Cl.O=C(COCC1CCCCN1)c1cnccn1. The van der Waals surface area contributed by atoms with Gasteiger partial charge >= 0.3 is 0 Å². The highest BCUT2D eigenvalue weighted by Crippen LogP contribution is 2.07. The molecule has 1 aliphatic heterocycles. The van der Waals surface area contributed by atoms with Crippen molar-refractivity contribution in [2.75, 3.05) is 19.8 Å². The number of nitrogens with zero attached hydrogens (tertiary/aromatic N) is 2. The van der Waals surface area contributed by atoms with Crippen molar-refractivity contribution in [3.8, 4) is 0 Å². The number of hydrogen-bond donors (Lipinski definition) is 1. The lowest BCUT2D eigenvalue weighted by Crippen LogP contribution is -2.38. The van der Waals surface area contributed by atoms with Crippen LogP contribution in [0, 0.1) is 0 Å². The summed E-state index contributed by atoms with van der Waals surface area (Å²) in [6.45, 7) is 1.72. The van der Waals surface area contributed by atoms with E-state index in [0.717, 1.165) is 13.0 Å². The molecule has 1 aromatic heterocycles. The number of carbonyl (C=O) groups excluding carboxylic acids is 1. The van der Waals surface area contributed by atoms with Crippen LogP contribution in [0.1, 0.15) is 29.8 Å². The van der Waals surface area contributed by atoms with Gasteiger partial charge in [-0.3, -0.25) is 9.78 Å². The average Bonchev–Trinajstić information content (AvgIpc) is 2.41. The van der Waals surface area contributed by atoms with E-state index in [-0.39, 0.29) is 24.8 Å². The van der Waals surface area contributed by atoms with Crippen LogP contribution in [0.2, 0.25) is 0 Å². The Morgan fingerprint density at radius 1 is 1.44 bits per heavy atom. The maximum atomic E-state index is 11.6. The van der Waals surface area contributed by atoms with Crippen molar-refractivity contribution in [1.82, 2.24) is 15.3 Å². The number of carbonyl (C=O) groups is 1. The van der Waals surface area contributed by atoms with Crippen LogP contribution in [0.25, 0.3) is 0 Å². The van der Waals surface area contributed by atoms with Gasteiger partial charge < -0.3 is 10.1 Å². The lowest BCUT2D eigenvalue weighted by Gasteiger charge is -2.22. The summed E-state index contributed by atoms with van der Waals surface area (Å²) in [5, 5.41) is 3.37. The predicted octanol–water partition coefficient (Wildman–Crippen LogP) is 1.24. The van der Waals surface area contributed by atoms with E-state index < -0.39 is 0 Å². The molecule has 1 fully saturated rings. The van der Waals surface area contributed by atoms with Gasteiger partial charge in [-0.25, -0.2) is 4.98 Å². The molecule has 1 unspecified atom stereocenters. The molecule has 5 nitrogen and oxygen atoms in total. The molecule has 0 radical (unpaired) electrons. The fourth-order valence-corrected chi connectivity index (χ4v) is 1.88. The summed E-state index contributed by atoms with van der Waals surface area (Å²) in [5.41, 5.74) is 0.365. The summed E-state index contributed by atoms with van der Waals surface area (Å²) in [5.74, 6) is -0.117. The number of hydrogen-bond acceptors (Lipinski definition) is 5. The summed E-state index contributed by atoms with van der Waals surface area (Å²) in [7, 11) is 0. The van der Waals surface area contributed by atoms with Crippen LogP contribution in [-0.2, 0) is 4.74 Å². The minimum absolute atomic E-state index is 0. The van der Waals surface area contributed by atoms with Gasteiger partial charge in [0.15, 0.2) is 0 Å². The summed E-state index contributed by atoms with van der Waals surface area (Å²) >= 11 is 0. The van der Waals surface area contributed by atoms with Crippen LogP contribution >= 0.6 is 12.4 Å². The summed E-state index contributed by atoms with van der Waals surface area (Å²) < 4.78 is 5.41. The molecular weight excluding hydrogens is 254 g/mol. The van der Waals surface area contributed by atoms with E-state index in [9.17, 15) is 4.79 Å². The Hall–Kier alpha value is -1.04. The second-order valence-electron chi connectivity index (χ2n) is 4.18. The van der Waals surface area contributed by atoms with Crippen molar-refractivity contribution in [2.24, 2.45) is 0 Å². The van der Waals surface area contributed by atoms with Crippen LogP contribution in [-0.4, -0.2) is 41.6 Å². The van der Waals surface area contributed by atoms with E-state index in [1.165, 1.54) is 25.2 Å². The molecular formula is C12H18ClN3O2. The second kappa shape index (κ2) is 8.13. The number of ketones is 1. The lowest BCUT2D eigenvalue weighted by atomic mass is 10.1. The van der Waals surface area contributed by atoms with Crippen molar-refractivity contribution >= 4 is 18.2 Å². The van der Waals surface area contributed by atoms with Crippen molar-refractivity contribution < 1.29 is 9.53 Å². The molecule has 1 atom stereocenters. The highest BCUT2D eigenvalue weighted by molar-refractivity contribution is 5.94. The average molecular weight is 272 g/mol. The Kier molecular flexibility index (Phi) is 6.78. The fraction of sp³-hybridized carbons (Fsp3) is 0.583. The zero-order valence-electron chi connectivity index (χ0n) is 10.2. The molecule has 0 aromatic carbocycles. The molecule has 1 aromatic rings. The van der Waals surface area contributed by atoms with Crippen molar-refractivity contribution in [2.45, 2.75) is 25.3 Å². The van der Waals surface area contributed by atoms with E-state index in [0.29, 0.717) is 18.3 Å². The van der Waals surface area contributed by atoms with Gasteiger partial charge in [-0.1, -0.05) is 6.42 Å². The first kappa shape index (κ1) is 15.0. The topological polar surface area (TPSA) is 64.1 Å². The molecule has 1 aliphatic rings. The number of nitrogens with one attached hydrogen (secondary N) is 1. The summed E-state index contributed by atoms with van der Waals surface area (Å²) in [6, 6.07) is 0.387. The number of piperidine rings is 1. The van der Waals surface area contributed by atoms with Gasteiger partial charge in [0, 0.05) is 18.4 Å². The van der Waals surface area contributed by atoms with Crippen LogP contribution in [0.3, 0.4) is 0 Å². The first-order valence-electron chi connectivity index (χ1n) is 5.96. The van der Waals surface area contributed by atoms with Crippen LogP contribution in [0.4, 0.5) is 0 Å². The number of rotatable bonds is 5. The minimum Gasteiger partial charge on any atom is -0.372 e. The van der Waals surface area contributed by atoms with E-state index in [1.807, 2.05) is 0 Å². The van der Waals surface area contributed by atoms with Gasteiger partial charge in [0.25, 0.3) is 0 Å². The molecule has 100 valence electrons. The van der Waals surface area contributed by atoms with Crippen LogP contribution in [0.15, 0.2) is 18.6 Å². The van der Waals surface area contributed by atoms with E-state index >= 15 is 0 Å². The van der Waals surface area contributed by atoms with Crippen molar-refractivity contribution in [3.05, 3.63) is 24.3 Å². The largest absolute Gasteiger partial charge is 0.372 e. The van der Waals surface area contributed by atoms with Gasteiger partial charge in [0.05, 0.1) is 12.8 Å². The number of Topliss-reactive ketones (excluding diaryl/α,β-unsaturated/α-hetero) is 1. The third-order valence-electron chi connectivity index (χ3n) is 2.81. The van der Waals surface area contributed by atoms with E-state index in [1.54, 1.807) is 6.20 Å². The molecule has 1 saturated heterocycles. The number of aromatic nitrogens is 2. The second-order valence-corrected chi connectivity index (χ2v) is 4.18. The standard InChI is InChI=1S/C12H17N3O2.ClH/c16-12(11-7-13-5-6-15-11)9-17-8-10-3-1-2-4-14-10;/h5-7,10,14H,1-4,8-9H2;1H. The quantitative estimate of drug-likeness (QED) is 0.817. The molecule has 0 amide bonds. The molecule has 1 N–H and O–H groups in total. The normalized spacial score (nSPS) is 19.0. The Balaban J connectivity index is 0.00000162. The molecule has 0 bridgehead atoms. The van der Waals surface area contributed by atoms with E-state index in [2.05, 4.69) is 15.3 Å². The molecule has 0 spiro atoms. The minimum atomic E-state index is -0.117. The monoisotopic (exact) mass is 271 g/mol. The Bertz CT molecular complexity index is 356. The van der Waals surface area contributed by atoms with Gasteiger partial charge in [-0.15, -0.1) is 12.4 Å². The molecule has 0 saturated carbocycles. The van der Waals surface area contributed by atoms with Crippen molar-refractivity contribution in [3.63, 3.8) is 0 Å². The van der Waals surface area contributed by atoms with Gasteiger partial charge in [0.2, 0.25) is 5.78 Å². The van der Waals surface area contributed by atoms with Gasteiger partial charge in [-0.05, 0) is 19.4 Å². The van der Waals surface area contributed by atoms with Crippen LogP contribution in [0.5, 0.6) is 0 Å². The molecule has 18 heavy (non-hydrogen) atoms. The predicted molar refractivity (Wildman–Crippen MR) is 70.1 cm³/mol.